The minimum absolute atomic E-state index is 0.0337. The van der Waals surface area contributed by atoms with Crippen LogP contribution < -0.4 is 5.73 Å². The van der Waals surface area contributed by atoms with Gasteiger partial charge in [-0.05, 0) is 30.4 Å². The Morgan fingerprint density at radius 2 is 1.81 bits per heavy atom. The zero-order valence-corrected chi connectivity index (χ0v) is 12.5. The van der Waals surface area contributed by atoms with Gasteiger partial charge >= 0.3 is 5.97 Å². The third-order valence-electron chi connectivity index (χ3n) is 3.32. The van der Waals surface area contributed by atoms with Crippen LogP contribution in [0.3, 0.4) is 0 Å². The molecule has 5 heteroatoms. The summed E-state index contributed by atoms with van der Waals surface area (Å²) in [5.74, 6) is -1.90. The van der Waals surface area contributed by atoms with Gasteiger partial charge in [0, 0.05) is 17.6 Å². The van der Waals surface area contributed by atoms with Crippen LogP contribution in [0.2, 0.25) is 0 Å². The molecule has 0 radical (unpaired) electrons. The number of Topliss-reactive ketones (excluding diaryl/α,β-unsaturated/α-hetero) is 1. The van der Waals surface area contributed by atoms with E-state index in [1.165, 1.54) is 17.8 Å². The number of para-hydroxylation sites is 1. The monoisotopic (exact) mass is 290 g/mol. The predicted octanol–water partition coefficient (Wildman–Crippen LogP) is 2.43. The van der Waals surface area contributed by atoms with Crippen LogP contribution in [-0.4, -0.2) is 27.9 Å². The van der Waals surface area contributed by atoms with Crippen molar-refractivity contribution in [2.24, 2.45) is 17.6 Å². The number of ketones is 1. The molecule has 1 heterocycles. The Morgan fingerprint density at radius 1 is 1.19 bits per heavy atom. The van der Waals surface area contributed by atoms with E-state index >= 15 is 0 Å². The maximum Gasteiger partial charge on any atom is 0.321 e. The molecule has 0 saturated heterocycles. The van der Waals surface area contributed by atoms with Crippen molar-refractivity contribution in [1.82, 2.24) is 4.98 Å². The summed E-state index contributed by atoms with van der Waals surface area (Å²) < 4.78 is 0. The second-order valence-corrected chi connectivity index (χ2v) is 5.31. The van der Waals surface area contributed by atoms with Crippen molar-refractivity contribution in [3.05, 3.63) is 36.5 Å². The summed E-state index contributed by atoms with van der Waals surface area (Å²) in [6, 6.07) is 9.20. The summed E-state index contributed by atoms with van der Waals surface area (Å²) in [4.78, 5) is 24.6. The van der Waals surface area contributed by atoms with Crippen LogP contribution in [0.15, 0.2) is 36.5 Å². The molecule has 0 saturated carbocycles. The Kier molecular flexibility index (Phi) is 6.11. The minimum atomic E-state index is -1.12. The molecule has 1 unspecified atom stereocenters. The molecule has 5 nitrogen and oxygen atoms in total. The van der Waals surface area contributed by atoms with Crippen molar-refractivity contribution >= 4 is 22.7 Å². The highest BCUT2D eigenvalue weighted by Crippen LogP contribution is 2.15. The lowest BCUT2D eigenvalue weighted by Gasteiger charge is -2.21. The highest BCUT2D eigenvalue weighted by atomic mass is 16.4. The van der Waals surface area contributed by atoms with Crippen molar-refractivity contribution < 1.29 is 14.7 Å². The number of rotatable bonds is 4. The highest BCUT2D eigenvalue weighted by Gasteiger charge is 2.30. The molecule has 1 aromatic heterocycles. The number of carboxylic acid groups (broad SMARTS) is 1. The first-order valence-corrected chi connectivity index (χ1v) is 6.85. The number of carbonyl (C=O) groups excluding carboxylic acids is 1. The first-order valence-electron chi connectivity index (χ1n) is 6.85. The lowest BCUT2D eigenvalue weighted by molar-refractivity contribution is -0.143. The third kappa shape index (κ3) is 4.72. The molecule has 2 rings (SSSR count). The van der Waals surface area contributed by atoms with Gasteiger partial charge in [0.05, 0.1) is 0 Å². The van der Waals surface area contributed by atoms with Gasteiger partial charge in [0.2, 0.25) is 0 Å². The van der Waals surface area contributed by atoms with E-state index in [1.54, 1.807) is 13.8 Å². The summed E-state index contributed by atoms with van der Waals surface area (Å²) in [5.41, 5.74) is 6.55. The average Bonchev–Trinajstić information content (AvgIpc) is 2.86. The molecule has 0 aliphatic carbocycles. The van der Waals surface area contributed by atoms with E-state index in [1.807, 2.05) is 18.3 Å². The fraction of sp³-hybridized carbons (Fsp3) is 0.375. The van der Waals surface area contributed by atoms with E-state index in [4.69, 9.17) is 10.8 Å². The lowest BCUT2D eigenvalue weighted by atomic mass is 9.86. The maximum absolute atomic E-state index is 11.0. The van der Waals surface area contributed by atoms with Crippen molar-refractivity contribution in [3.63, 3.8) is 0 Å². The van der Waals surface area contributed by atoms with Crippen LogP contribution in [0.1, 0.15) is 20.8 Å². The number of H-pyrrole nitrogens is 1. The van der Waals surface area contributed by atoms with Gasteiger partial charge in [-0.25, -0.2) is 0 Å². The van der Waals surface area contributed by atoms with Crippen molar-refractivity contribution in [3.8, 4) is 0 Å². The largest absolute Gasteiger partial charge is 0.480 e. The van der Waals surface area contributed by atoms with Gasteiger partial charge in [0.25, 0.3) is 0 Å². The maximum atomic E-state index is 11.0. The van der Waals surface area contributed by atoms with Crippen molar-refractivity contribution in [1.29, 1.82) is 0 Å². The van der Waals surface area contributed by atoms with E-state index in [0.717, 1.165) is 0 Å². The van der Waals surface area contributed by atoms with Gasteiger partial charge in [-0.15, -0.1) is 0 Å². The van der Waals surface area contributed by atoms with Gasteiger partial charge in [-0.2, -0.15) is 0 Å². The number of aliphatic carboxylic acids is 1. The van der Waals surface area contributed by atoms with Crippen LogP contribution in [-0.2, 0) is 9.59 Å². The summed E-state index contributed by atoms with van der Waals surface area (Å²) in [7, 11) is 0. The molecule has 0 aliphatic heterocycles. The smallest absolute Gasteiger partial charge is 0.321 e. The molecular formula is C16H22N2O3. The predicted molar refractivity (Wildman–Crippen MR) is 82.9 cm³/mol. The molecule has 4 N–H and O–H groups in total. The first-order chi connectivity index (χ1) is 9.84. The van der Waals surface area contributed by atoms with E-state index in [2.05, 4.69) is 23.2 Å². The Hall–Kier alpha value is -2.14. The molecular weight excluding hydrogens is 268 g/mol. The number of benzene rings is 1. The standard InChI is InChI=1S/C8H15NO3.C8H7N/c1-4(2)6(5(3)10)7(9)8(11)12;1-2-4-8-7(3-1)5-6-9-8/h4,6-7H,9H2,1-3H3,(H,11,12);1-6,9H/t6?,7-;/m0./s1. The number of carboxylic acids is 1. The Labute approximate surface area is 124 Å². The molecule has 21 heavy (non-hydrogen) atoms. The van der Waals surface area contributed by atoms with E-state index in [-0.39, 0.29) is 11.7 Å². The van der Waals surface area contributed by atoms with Crippen LogP contribution in [0, 0.1) is 11.8 Å². The zero-order chi connectivity index (χ0) is 16.0. The number of hydrogen-bond acceptors (Lipinski definition) is 3. The number of nitrogens with one attached hydrogen (secondary N) is 1. The van der Waals surface area contributed by atoms with E-state index in [0.29, 0.717) is 0 Å². The Balaban J connectivity index is 0.000000216. The van der Waals surface area contributed by atoms with E-state index in [9.17, 15) is 9.59 Å². The number of nitrogens with two attached hydrogens (primary N) is 1. The number of aromatic amines is 1. The summed E-state index contributed by atoms with van der Waals surface area (Å²) >= 11 is 0. The molecule has 0 amide bonds. The molecule has 0 spiro atoms. The Bertz CT molecular complexity index is 574. The zero-order valence-electron chi connectivity index (χ0n) is 12.5. The fourth-order valence-corrected chi connectivity index (χ4v) is 2.29. The van der Waals surface area contributed by atoms with Gasteiger partial charge in [0.1, 0.15) is 11.8 Å². The second kappa shape index (κ2) is 7.59. The molecule has 0 fully saturated rings. The summed E-state index contributed by atoms with van der Waals surface area (Å²) in [5, 5.41) is 9.85. The molecule has 2 atom stereocenters. The number of fused-ring (bicyclic) bond motifs is 1. The Morgan fingerprint density at radius 3 is 2.24 bits per heavy atom. The van der Waals surface area contributed by atoms with Crippen LogP contribution >= 0.6 is 0 Å². The summed E-state index contributed by atoms with van der Waals surface area (Å²) in [6.07, 6.45) is 1.95. The van der Waals surface area contributed by atoms with Gasteiger partial charge in [0.15, 0.2) is 0 Å². The molecule has 1 aromatic carbocycles. The van der Waals surface area contributed by atoms with Crippen LogP contribution in [0.4, 0.5) is 0 Å². The number of hydrogen-bond donors (Lipinski definition) is 3. The fourth-order valence-electron chi connectivity index (χ4n) is 2.29. The molecule has 0 bridgehead atoms. The average molecular weight is 290 g/mol. The van der Waals surface area contributed by atoms with E-state index < -0.39 is 17.9 Å². The SMILES string of the molecule is CC(=O)C(C(C)C)[C@H](N)C(=O)O.c1ccc2[nH]ccc2c1. The molecule has 0 aliphatic rings. The van der Waals surface area contributed by atoms with Crippen molar-refractivity contribution in [2.75, 3.05) is 0 Å². The molecule has 2 aromatic rings. The number of aromatic nitrogens is 1. The van der Waals surface area contributed by atoms with Gasteiger partial charge in [-0.3, -0.25) is 9.59 Å². The van der Waals surface area contributed by atoms with Gasteiger partial charge in [-0.1, -0.05) is 32.0 Å². The van der Waals surface area contributed by atoms with Crippen LogP contribution in [0.5, 0.6) is 0 Å². The normalized spacial score (nSPS) is 13.4. The van der Waals surface area contributed by atoms with Gasteiger partial charge < -0.3 is 15.8 Å². The lowest BCUT2D eigenvalue weighted by Crippen LogP contribution is -2.43. The third-order valence-corrected chi connectivity index (χ3v) is 3.32. The summed E-state index contributed by atoms with van der Waals surface area (Å²) in [6.45, 7) is 4.94. The number of carbonyl (C=O) groups is 2. The second-order valence-electron chi connectivity index (χ2n) is 5.31. The topological polar surface area (TPSA) is 96.2 Å². The van der Waals surface area contributed by atoms with Crippen LogP contribution in [0.25, 0.3) is 10.9 Å². The minimum Gasteiger partial charge on any atom is -0.480 e. The highest BCUT2D eigenvalue weighted by molar-refractivity contribution is 5.86. The molecule has 114 valence electrons. The quantitative estimate of drug-likeness (QED) is 0.805. The van der Waals surface area contributed by atoms with Crippen molar-refractivity contribution in [2.45, 2.75) is 26.8 Å². The first kappa shape index (κ1) is 16.9.